The Balaban J connectivity index is 1.69. The molecule has 0 saturated carbocycles. The van der Waals surface area contributed by atoms with Gasteiger partial charge in [0.15, 0.2) is 0 Å². The van der Waals surface area contributed by atoms with Gasteiger partial charge in [-0.15, -0.1) is 0 Å². The summed E-state index contributed by atoms with van der Waals surface area (Å²) in [6.45, 7) is 1.42. The summed E-state index contributed by atoms with van der Waals surface area (Å²) in [5, 5.41) is 15.5. The molecule has 0 aliphatic carbocycles. The summed E-state index contributed by atoms with van der Waals surface area (Å²) in [6.07, 6.45) is 1.94. The lowest BCUT2D eigenvalue weighted by Gasteiger charge is -2.38. The van der Waals surface area contributed by atoms with Gasteiger partial charge in [0.25, 0.3) is 0 Å². The summed E-state index contributed by atoms with van der Waals surface area (Å²) in [7, 11) is 1.82. The van der Waals surface area contributed by atoms with Gasteiger partial charge in [0.05, 0.1) is 18.7 Å². The molecule has 2 heterocycles. The molecule has 0 aromatic carbocycles. The normalized spacial score (nSPS) is 15.3. The molecule has 18 heavy (non-hydrogen) atoms. The fourth-order valence-corrected chi connectivity index (χ4v) is 1.95. The van der Waals surface area contributed by atoms with Crippen LogP contribution in [0.2, 0.25) is 0 Å². The Morgan fingerprint density at radius 2 is 2.28 bits per heavy atom. The zero-order valence-corrected chi connectivity index (χ0v) is 10.2. The molecule has 1 saturated heterocycles. The van der Waals surface area contributed by atoms with Crippen LogP contribution in [0.5, 0.6) is 0 Å². The Bertz CT molecular complexity index is 451. The molecule has 2 N–H and O–H groups in total. The Kier molecular flexibility index (Phi) is 3.50. The zero-order valence-electron chi connectivity index (χ0n) is 10.2. The molecule has 0 unspecified atom stereocenters. The molecule has 2 amide bonds. The van der Waals surface area contributed by atoms with Gasteiger partial charge in [-0.05, 0) is 6.07 Å². The number of nitrogens with zero attached hydrogens (tertiary/aromatic N) is 3. The summed E-state index contributed by atoms with van der Waals surface area (Å²) in [5.74, 6) is -0.725. The van der Waals surface area contributed by atoms with Gasteiger partial charge in [-0.2, -0.15) is 5.10 Å². The molecular weight excluding hydrogens is 236 g/mol. The van der Waals surface area contributed by atoms with Crippen molar-refractivity contribution >= 4 is 12.0 Å². The van der Waals surface area contributed by atoms with E-state index in [-0.39, 0.29) is 18.4 Å². The van der Waals surface area contributed by atoms with Crippen LogP contribution in [0.15, 0.2) is 12.3 Å². The van der Waals surface area contributed by atoms with Crippen molar-refractivity contribution in [3.8, 4) is 0 Å². The molecule has 1 aromatic heterocycles. The third kappa shape index (κ3) is 2.99. The van der Waals surface area contributed by atoms with Crippen molar-refractivity contribution in [3.63, 3.8) is 0 Å². The van der Waals surface area contributed by atoms with Crippen molar-refractivity contribution in [1.29, 1.82) is 0 Å². The highest BCUT2D eigenvalue weighted by Gasteiger charge is 2.31. The summed E-state index contributed by atoms with van der Waals surface area (Å²) in [6, 6.07) is 1.67. The second-order valence-corrected chi connectivity index (χ2v) is 4.51. The van der Waals surface area contributed by atoms with Crippen molar-refractivity contribution in [2.45, 2.75) is 13.0 Å². The minimum atomic E-state index is -0.812. The molecule has 0 radical (unpaired) electrons. The lowest BCUT2D eigenvalue weighted by molar-refractivity contribution is -0.139. The molecule has 0 bridgehead atoms. The van der Waals surface area contributed by atoms with Crippen LogP contribution in [0.1, 0.15) is 12.1 Å². The maximum absolute atomic E-state index is 11.7. The van der Waals surface area contributed by atoms with Gasteiger partial charge in [-0.25, -0.2) is 4.79 Å². The molecule has 0 spiro atoms. The van der Waals surface area contributed by atoms with Crippen molar-refractivity contribution in [3.05, 3.63) is 18.0 Å². The SMILES string of the molecule is Cn1ccc(CNC(=O)N2CC(CC(=O)O)C2)n1. The Labute approximate surface area is 104 Å². The lowest BCUT2D eigenvalue weighted by atomic mass is 9.97. The first-order chi connectivity index (χ1) is 8.54. The number of carbonyl (C=O) groups is 2. The number of carboxylic acids is 1. The summed E-state index contributed by atoms with van der Waals surface area (Å²) in [5.41, 5.74) is 0.799. The van der Waals surface area contributed by atoms with Gasteiger partial charge in [0, 0.05) is 32.3 Å². The Morgan fingerprint density at radius 3 is 2.83 bits per heavy atom. The number of likely N-dealkylation sites (tertiary alicyclic amines) is 1. The van der Waals surface area contributed by atoms with Crippen LogP contribution < -0.4 is 5.32 Å². The number of aromatic nitrogens is 2. The third-order valence-corrected chi connectivity index (χ3v) is 2.90. The maximum Gasteiger partial charge on any atom is 0.317 e. The van der Waals surface area contributed by atoms with E-state index in [4.69, 9.17) is 5.11 Å². The van der Waals surface area contributed by atoms with E-state index in [0.717, 1.165) is 5.69 Å². The molecule has 7 nitrogen and oxygen atoms in total. The number of aryl methyl sites for hydroxylation is 1. The smallest absolute Gasteiger partial charge is 0.317 e. The van der Waals surface area contributed by atoms with E-state index in [0.29, 0.717) is 19.6 Å². The standard InChI is InChI=1S/C11H16N4O3/c1-14-3-2-9(13-14)5-12-11(18)15-6-8(7-15)4-10(16)17/h2-3,8H,4-7H2,1H3,(H,12,18)(H,16,17). The van der Waals surface area contributed by atoms with Gasteiger partial charge < -0.3 is 15.3 Å². The largest absolute Gasteiger partial charge is 0.481 e. The summed E-state index contributed by atoms with van der Waals surface area (Å²) in [4.78, 5) is 23.7. The van der Waals surface area contributed by atoms with Crippen LogP contribution in [0.3, 0.4) is 0 Å². The second kappa shape index (κ2) is 5.07. The molecule has 1 aliphatic rings. The number of aliphatic carboxylic acids is 1. The molecule has 0 atom stereocenters. The topological polar surface area (TPSA) is 87.5 Å². The predicted molar refractivity (Wildman–Crippen MR) is 62.8 cm³/mol. The highest BCUT2D eigenvalue weighted by molar-refractivity contribution is 5.75. The zero-order chi connectivity index (χ0) is 13.1. The van der Waals surface area contributed by atoms with Crippen LogP contribution in [-0.2, 0) is 18.4 Å². The number of rotatable bonds is 4. The summed E-state index contributed by atoms with van der Waals surface area (Å²) >= 11 is 0. The number of urea groups is 1. The van der Waals surface area contributed by atoms with Crippen molar-refractivity contribution < 1.29 is 14.7 Å². The van der Waals surface area contributed by atoms with Crippen LogP contribution in [0, 0.1) is 5.92 Å². The van der Waals surface area contributed by atoms with Crippen LogP contribution >= 0.6 is 0 Å². The van der Waals surface area contributed by atoms with E-state index < -0.39 is 5.97 Å². The first-order valence-electron chi connectivity index (χ1n) is 5.77. The lowest BCUT2D eigenvalue weighted by Crippen LogP contribution is -2.54. The first kappa shape index (κ1) is 12.4. The number of hydrogen-bond donors (Lipinski definition) is 2. The van der Waals surface area contributed by atoms with E-state index in [1.807, 2.05) is 19.3 Å². The fraction of sp³-hybridized carbons (Fsp3) is 0.545. The van der Waals surface area contributed by atoms with Crippen molar-refractivity contribution in [2.75, 3.05) is 13.1 Å². The number of hydrogen-bond acceptors (Lipinski definition) is 3. The second-order valence-electron chi connectivity index (χ2n) is 4.51. The molecular formula is C11H16N4O3. The van der Waals surface area contributed by atoms with E-state index in [2.05, 4.69) is 10.4 Å². The molecule has 98 valence electrons. The van der Waals surface area contributed by atoms with E-state index in [1.165, 1.54) is 0 Å². The highest BCUT2D eigenvalue weighted by Crippen LogP contribution is 2.18. The number of carbonyl (C=O) groups excluding carboxylic acids is 1. The minimum absolute atomic E-state index is 0.0862. The highest BCUT2D eigenvalue weighted by atomic mass is 16.4. The molecule has 2 rings (SSSR count). The minimum Gasteiger partial charge on any atom is -0.481 e. The van der Waals surface area contributed by atoms with Gasteiger partial charge in [0.1, 0.15) is 0 Å². The van der Waals surface area contributed by atoms with Crippen LogP contribution in [-0.4, -0.2) is 44.9 Å². The fourth-order valence-electron chi connectivity index (χ4n) is 1.95. The average Bonchev–Trinajstić information content (AvgIpc) is 2.65. The van der Waals surface area contributed by atoms with Gasteiger partial charge in [-0.3, -0.25) is 9.48 Å². The monoisotopic (exact) mass is 252 g/mol. The van der Waals surface area contributed by atoms with Crippen LogP contribution in [0.4, 0.5) is 4.79 Å². The maximum atomic E-state index is 11.7. The quantitative estimate of drug-likeness (QED) is 0.791. The molecule has 7 heteroatoms. The predicted octanol–water partition coefficient (Wildman–Crippen LogP) is 0.0362. The first-order valence-corrected chi connectivity index (χ1v) is 5.77. The van der Waals surface area contributed by atoms with E-state index in [9.17, 15) is 9.59 Å². The summed E-state index contributed by atoms with van der Waals surface area (Å²) < 4.78 is 1.67. The van der Waals surface area contributed by atoms with E-state index in [1.54, 1.807) is 9.58 Å². The molecule has 1 aliphatic heterocycles. The number of carboxylic acid groups (broad SMARTS) is 1. The Hall–Kier alpha value is -2.05. The number of nitrogens with one attached hydrogen (secondary N) is 1. The van der Waals surface area contributed by atoms with Gasteiger partial charge in [0.2, 0.25) is 0 Å². The third-order valence-electron chi connectivity index (χ3n) is 2.90. The Morgan fingerprint density at radius 1 is 1.56 bits per heavy atom. The van der Waals surface area contributed by atoms with Crippen LogP contribution in [0.25, 0.3) is 0 Å². The molecule has 1 fully saturated rings. The molecule has 1 aromatic rings. The number of amides is 2. The van der Waals surface area contributed by atoms with Gasteiger partial charge >= 0.3 is 12.0 Å². The van der Waals surface area contributed by atoms with Crippen molar-refractivity contribution in [1.82, 2.24) is 20.0 Å². The van der Waals surface area contributed by atoms with E-state index >= 15 is 0 Å². The van der Waals surface area contributed by atoms with Crippen molar-refractivity contribution in [2.24, 2.45) is 13.0 Å². The van der Waals surface area contributed by atoms with Gasteiger partial charge in [-0.1, -0.05) is 0 Å². The average molecular weight is 252 g/mol.